The lowest BCUT2D eigenvalue weighted by Crippen LogP contribution is -2.41. The van der Waals surface area contributed by atoms with Gasteiger partial charge in [-0.25, -0.2) is 4.98 Å². The van der Waals surface area contributed by atoms with Gasteiger partial charge < -0.3 is 5.32 Å². The second kappa shape index (κ2) is 7.17. The minimum Gasteiger partial charge on any atom is -0.351 e. The number of hydrogen-bond donors (Lipinski definition) is 1. The molecular formula is C17H23N3O2S. The van der Waals surface area contributed by atoms with Crippen molar-refractivity contribution in [1.82, 2.24) is 14.9 Å². The highest BCUT2D eigenvalue weighted by Gasteiger charge is 2.16. The second-order valence-electron chi connectivity index (χ2n) is 6.46. The van der Waals surface area contributed by atoms with Crippen LogP contribution in [-0.2, 0) is 11.3 Å². The number of benzene rings is 1. The van der Waals surface area contributed by atoms with E-state index in [1.54, 1.807) is 10.6 Å². The summed E-state index contributed by atoms with van der Waals surface area (Å²) in [5.41, 5.74) is 0.358. The molecule has 0 unspecified atom stereocenters. The molecule has 1 N–H and O–H groups in total. The Hall–Kier alpha value is -1.82. The lowest BCUT2D eigenvalue weighted by Gasteiger charge is -2.20. The summed E-state index contributed by atoms with van der Waals surface area (Å²) in [5.74, 6) is 0.180. The molecule has 1 aromatic heterocycles. The molecule has 6 heteroatoms. The Bertz CT molecular complexity index is 763. The smallest absolute Gasteiger partial charge is 0.262 e. The molecule has 1 aromatic carbocycles. The fourth-order valence-corrected chi connectivity index (χ4v) is 3.09. The third-order valence-corrected chi connectivity index (χ3v) is 4.10. The van der Waals surface area contributed by atoms with Gasteiger partial charge in [-0.3, -0.25) is 14.2 Å². The number of fused-ring (bicyclic) bond motifs is 1. The summed E-state index contributed by atoms with van der Waals surface area (Å²) in [6.45, 7) is 8.44. The number of nitrogens with zero attached hydrogens (tertiary/aromatic N) is 2. The number of amides is 1. The predicted molar refractivity (Wildman–Crippen MR) is 94.9 cm³/mol. The van der Waals surface area contributed by atoms with E-state index in [0.29, 0.717) is 22.6 Å². The van der Waals surface area contributed by atoms with E-state index in [2.05, 4.69) is 10.3 Å². The summed E-state index contributed by atoms with van der Waals surface area (Å²) in [6.07, 6.45) is 0.835. The van der Waals surface area contributed by atoms with Crippen LogP contribution in [0.1, 0.15) is 34.1 Å². The third kappa shape index (κ3) is 4.58. The molecule has 1 heterocycles. The molecular weight excluding hydrogens is 310 g/mol. The molecule has 23 heavy (non-hydrogen) atoms. The fraction of sp³-hybridized carbons (Fsp3) is 0.471. The molecule has 1 amide bonds. The van der Waals surface area contributed by atoms with Gasteiger partial charge in [0.1, 0.15) is 0 Å². The maximum Gasteiger partial charge on any atom is 0.262 e. The van der Waals surface area contributed by atoms with E-state index < -0.39 is 0 Å². The lowest BCUT2D eigenvalue weighted by molar-refractivity contribution is -0.119. The van der Waals surface area contributed by atoms with Gasteiger partial charge >= 0.3 is 0 Å². The Morgan fingerprint density at radius 2 is 2.00 bits per heavy atom. The van der Waals surface area contributed by atoms with E-state index in [9.17, 15) is 9.59 Å². The third-order valence-electron chi connectivity index (χ3n) is 3.12. The Morgan fingerprint density at radius 1 is 1.30 bits per heavy atom. The number of aromatic nitrogens is 2. The zero-order chi connectivity index (χ0) is 17.0. The molecule has 0 aliphatic rings. The van der Waals surface area contributed by atoms with Crippen LogP contribution in [0.25, 0.3) is 10.9 Å². The van der Waals surface area contributed by atoms with Gasteiger partial charge in [0.15, 0.2) is 5.16 Å². The monoisotopic (exact) mass is 333 g/mol. The van der Waals surface area contributed by atoms with Crippen LogP contribution in [0.3, 0.4) is 0 Å². The first kappa shape index (κ1) is 17.5. The summed E-state index contributed by atoms with van der Waals surface area (Å²) >= 11 is 1.30. The first-order chi connectivity index (χ1) is 10.8. The van der Waals surface area contributed by atoms with Gasteiger partial charge in [0.2, 0.25) is 5.91 Å². The molecule has 0 spiro atoms. The van der Waals surface area contributed by atoms with Crippen molar-refractivity contribution >= 4 is 28.6 Å². The molecule has 0 bridgehead atoms. The molecule has 0 atom stereocenters. The number of carbonyl (C=O) groups is 1. The molecule has 124 valence electrons. The Labute approximate surface area is 140 Å². The Balaban J connectivity index is 2.30. The molecule has 0 saturated heterocycles. The molecule has 0 saturated carbocycles. The highest BCUT2D eigenvalue weighted by atomic mass is 32.2. The minimum absolute atomic E-state index is 0.0452. The molecule has 0 radical (unpaired) electrons. The van der Waals surface area contributed by atoms with Gasteiger partial charge in [-0.15, -0.1) is 0 Å². The van der Waals surface area contributed by atoms with Gasteiger partial charge in [-0.05, 0) is 39.3 Å². The minimum atomic E-state index is -0.266. The average Bonchev–Trinajstić information content (AvgIpc) is 2.47. The van der Waals surface area contributed by atoms with E-state index in [0.717, 1.165) is 6.42 Å². The Morgan fingerprint density at radius 3 is 2.65 bits per heavy atom. The zero-order valence-electron chi connectivity index (χ0n) is 14.0. The zero-order valence-corrected chi connectivity index (χ0v) is 14.9. The molecule has 0 aliphatic heterocycles. The van der Waals surface area contributed by atoms with Crippen molar-refractivity contribution in [3.05, 3.63) is 34.6 Å². The summed E-state index contributed by atoms with van der Waals surface area (Å²) < 4.78 is 1.66. The van der Waals surface area contributed by atoms with E-state index in [1.165, 1.54) is 11.8 Å². The Kier molecular flexibility index (Phi) is 5.46. The first-order valence-corrected chi connectivity index (χ1v) is 8.74. The van der Waals surface area contributed by atoms with E-state index in [-0.39, 0.29) is 22.8 Å². The van der Waals surface area contributed by atoms with Crippen LogP contribution in [-0.4, -0.2) is 26.8 Å². The lowest BCUT2D eigenvalue weighted by atomic mass is 10.1. The van der Waals surface area contributed by atoms with Crippen molar-refractivity contribution in [3.63, 3.8) is 0 Å². The molecule has 2 rings (SSSR count). The van der Waals surface area contributed by atoms with E-state index in [4.69, 9.17) is 0 Å². The SMILES string of the molecule is CCCn1c(SCC(=O)NC(C)(C)C)nc2ccccc2c1=O. The van der Waals surface area contributed by atoms with Crippen molar-refractivity contribution in [1.29, 1.82) is 0 Å². The van der Waals surface area contributed by atoms with Crippen LogP contribution in [0.4, 0.5) is 0 Å². The van der Waals surface area contributed by atoms with Gasteiger partial charge in [0.25, 0.3) is 5.56 Å². The second-order valence-corrected chi connectivity index (χ2v) is 7.40. The number of thioether (sulfide) groups is 1. The topological polar surface area (TPSA) is 64.0 Å². The summed E-state index contributed by atoms with van der Waals surface area (Å²) in [4.78, 5) is 29.2. The first-order valence-electron chi connectivity index (χ1n) is 7.75. The molecule has 5 nitrogen and oxygen atoms in total. The van der Waals surface area contributed by atoms with Crippen LogP contribution in [0.15, 0.2) is 34.2 Å². The maximum absolute atomic E-state index is 12.6. The van der Waals surface area contributed by atoms with Crippen molar-refractivity contribution in [2.24, 2.45) is 0 Å². The largest absolute Gasteiger partial charge is 0.351 e. The van der Waals surface area contributed by atoms with Crippen LogP contribution in [0.5, 0.6) is 0 Å². The summed E-state index contributed by atoms with van der Waals surface area (Å²) in [7, 11) is 0. The molecule has 0 aliphatic carbocycles. The van der Waals surface area contributed by atoms with Crippen molar-refractivity contribution in [3.8, 4) is 0 Å². The molecule has 2 aromatic rings. The van der Waals surface area contributed by atoms with Crippen LogP contribution in [0.2, 0.25) is 0 Å². The van der Waals surface area contributed by atoms with Crippen molar-refractivity contribution in [2.75, 3.05) is 5.75 Å². The van der Waals surface area contributed by atoms with Gasteiger partial charge in [0, 0.05) is 12.1 Å². The van der Waals surface area contributed by atoms with E-state index >= 15 is 0 Å². The highest BCUT2D eigenvalue weighted by molar-refractivity contribution is 7.99. The van der Waals surface area contributed by atoms with Gasteiger partial charge in [-0.2, -0.15) is 0 Å². The van der Waals surface area contributed by atoms with Crippen molar-refractivity contribution < 1.29 is 4.79 Å². The highest BCUT2D eigenvalue weighted by Crippen LogP contribution is 2.18. The number of carbonyl (C=O) groups excluding carboxylic acids is 1. The van der Waals surface area contributed by atoms with Crippen molar-refractivity contribution in [2.45, 2.75) is 51.4 Å². The number of hydrogen-bond acceptors (Lipinski definition) is 4. The molecule has 0 fully saturated rings. The number of nitrogens with one attached hydrogen (secondary N) is 1. The quantitative estimate of drug-likeness (QED) is 0.675. The maximum atomic E-state index is 12.6. The van der Waals surface area contributed by atoms with Crippen LogP contribution >= 0.6 is 11.8 Å². The predicted octanol–water partition coefficient (Wildman–Crippen LogP) is 2.81. The standard InChI is InChI=1S/C17H23N3O2S/c1-5-10-20-15(22)12-8-6-7-9-13(12)18-16(20)23-11-14(21)19-17(2,3)4/h6-9H,5,10-11H2,1-4H3,(H,19,21). The number of rotatable bonds is 5. The summed E-state index contributed by atoms with van der Waals surface area (Å²) in [5, 5.41) is 4.13. The van der Waals surface area contributed by atoms with E-state index in [1.807, 2.05) is 45.9 Å². The van der Waals surface area contributed by atoms with Crippen LogP contribution in [0, 0.1) is 0 Å². The normalized spacial score (nSPS) is 11.7. The van der Waals surface area contributed by atoms with Gasteiger partial charge in [-0.1, -0.05) is 30.8 Å². The summed E-state index contributed by atoms with van der Waals surface area (Å²) in [6, 6.07) is 7.31. The fourth-order valence-electron chi connectivity index (χ4n) is 2.26. The number of para-hydroxylation sites is 1. The van der Waals surface area contributed by atoms with Gasteiger partial charge in [0.05, 0.1) is 16.7 Å². The average molecular weight is 333 g/mol. The van der Waals surface area contributed by atoms with Crippen LogP contribution < -0.4 is 10.9 Å².